The van der Waals surface area contributed by atoms with Crippen molar-refractivity contribution >= 4 is 11.9 Å². The van der Waals surface area contributed by atoms with Crippen LogP contribution in [-0.2, 0) is 19.1 Å². The van der Waals surface area contributed by atoms with Crippen molar-refractivity contribution in [2.75, 3.05) is 6.61 Å². The second-order valence-corrected chi connectivity index (χ2v) is 5.29. The summed E-state index contributed by atoms with van der Waals surface area (Å²) in [5.41, 5.74) is 0. The maximum absolute atomic E-state index is 13.1. The number of hydrogen-bond acceptors (Lipinski definition) is 4. The van der Waals surface area contributed by atoms with Crippen LogP contribution in [0.3, 0.4) is 0 Å². The molecule has 26 heavy (non-hydrogen) atoms. The molecule has 0 atom stereocenters. The molecule has 0 aromatic heterocycles. The molecule has 0 N–H and O–H groups in total. The zero-order chi connectivity index (χ0) is 20.8. The monoisotopic (exact) mass is 402 g/mol. The quantitative estimate of drug-likeness (QED) is 0.384. The van der Waals surface area contributed by atoms with Gasteiger partial charge in [0.1, 0.15) is 6.10 Å². The standard InChI is InChI=1S/C14H18F8O4/c1-3-8(4-2)26-10(24)6-5-9(23)25-7-12(17,18)14(21,22)13(19,20)11(15)16/h8,11H,3-7H2,1-2H3. The SMILES string of the molecule is CCC(CC)OC(=O)CCC(=O)OCC(F)(F)C(F)(F)C(F)(F)C(F)F. The first-order chi connectivity index (χ1) is 11.7. The first-order valence-corrected chi connectivity index (χ1v) is 7.49. The summed E-state index contributed by atoms with van der Waals surface area (Å²) in [5, 5.41) is 0. The third-order valence-electron chi connectivity index (χ3n) is 3.31. The zero-order valence-corrected chi connectivity index (χ0v) is 13.8. The molecule has 0 radical (unpaired) electrons. The van der Waals surface area contributed by atoms with Gasteiger partial charge in [-0.25, -0.2) is 8.78 Å². The summed E-state index contributed by atoms with van der Waals surface area (Å²) in [4.78, 5) is 22.5. The largest absolute Gasteiger partial charge is 0.462 e. The van der Waals surface area contributed by atoms with Crippen molar-refractivity contribution in [1.82, 2.24) is 0 Å². The summed E-state index contributed by atoms with van der Waals surface area (Å²) >= 11 is 0. The van der Waals surface area contributed by atoms with Crippen molar-refractivity contribution in [3.05, 3.63) is 0 Å². The van der Waals surface area contributed by atoms with Gasteiger partial charge < -0.3 is 9.47 Å². The molecule has 0 heterocycles. The lowest BCUT2D eigenvalue weighted by atomic mass is 10.1. The molecule has 0 aromatic rings. The van der Waals surface area contributed by atoms with Gasteiger partial charge in [0.2, 0.25) is 0 Å². The lowest BCUT2D eigenvalue weighted by Gasteiger charge is -2.31. The number of halogens is 8. The third-order valence-corrected chi connectivity index (χ3v) is 3.31. The van der Waals surface area contributed by atoms with Gasteiger partial charge in [0.25, 0.3) is 0 Å². The smallest absolute Gasteiger partial charge is 0.381 e. The molecule has 0 aliphatic heterocycles. The molecule has 154 valence electrons. The maximum Gasteiger partial charge on any atom is 0.381 e. The highest BCUT2D eigenvalue weighted by atomic mass is 19.4. The topological polar surface area (TPSA) is 52.6 Å². The highest BCUT2D eigenvalue weighted by Gasteiger charge is 2.75. The summed E-state index contributed by atoms with van der Waals surface area (Å²) in [7, 11) is 0. The number of carbonyl (C=O) groups is 2. The molecule has 0 aliphatic rings. The van der Waals surface area contributed by atoms with Crippen LogP contribution < -0.4 is 0 Å². The maximum atomic E-state index is 13.1. The fourth-order valence-corrected chi connectivity index (χ4v) is 1.62. The number of rotatable bonds is 11. The highest BCUT2D eigenvalue weighted by Crippen LogP contribution is 2.48. The first-order valence-electron chi connectivity index (χ1n) is 7.49. The number of ether oxygens (including phenoxy) is 2. The van der Waals surface area contributed by atoms with Crippen LogP contribution in [0.1, 0.15) is 39.5 Å². The minimum Gasteiger partial charge on any atom is -0.462 e. The van der Waals surface area contributed by atoms with Crippen molar-refractivity contribution in [1.29, 1.82) is 0 Å². The third kappa shape index (κ3) is 5.97. The van der Waals surface area contributed by atoms with Crippen LogP contribution in [-0.4, -0.2) is 48.8 Å². The molecule has 4 nitrogen and oxygen atoms in total. The van der Waals surface area contributed by atoms with E-state index in [0.29, 0.717) is 12.8 Å². The Labute approximate surface area is 143 Å². The van der Waals surface area contributed by atoms with E-state index in [9.17, 15) is 44.7 Å². The second-order valence-electron chi connectivity index (χ2n) is 5.29. The minimum atomic E-state index is -6.46. The van der Waals surface area contributed by atoms with E-state index in [1.54, 1.807) is 13.8 Å². The lowest BCUT2D eigenvalue weighted by molar-refractivity contribution is -0.344. The van der Waals surface area contributed by atoms with Gasteiger partial charge in [0.05, 0.1) is 12.8 Å². The van der Waals surface area contributed by atoms with E-state index in [-0.39, 0.29) is 0 Å². The minimum absolute atomic E-state index is 0.432. The van der Waals surface area contributed by atoms with Crippen LogP contribution >= 0.6 is 0 Å². The molecule has 0 amide bonds. The average molecular weight is 402 g/mol. The average Bonchev–Trinajstić information content (AvgIpc) is 2.55. The number of esters is 2. The summed E-state index contributed by atoms with van der Waals surface area (Å²) in [6, 6.07) is 0. The number of alkyl halides is 8. The summed E-state index contributed by atoms with van der Waals surface area (Å²) in [5.74, 6) is -21.0. The van der Waals surface area contributed by atoms with E-state index in [2.05, 4.69) is 4.74 Å². The Bertz CT molecular complexity index is 478. The van der Waals surface area contributed by atoms with Gasteiger partial charge in [-0.15, -0.1) is 0 Å². The molecule has 0 fully saturated rings. The first kappa shape index (κ1) is 24.4. The van der Waals surface area contributed by atoms with Gasteiger partial charge in [0.15, 0.2) is 6.61 Å². The molecule has 0 unspecified atom stereocenters. The van der Waals surface area contributed by atoms with Crippen molar-refractivity contribution in [3.63, 3.8) is 0 Å². The Morgan fingerprint density at radius 1 is 0.885 bits per heavy atom. The van der Waals surface area contributed by atoms with Crippen molar-refractivity contribution in [2.45, 2.75) is 69.8 Å². The Hall–Kier alpha value is -1.62. The Balaban J connectivity index is 4.63. The van der Waals surface area contributed by atoms with Crippen molar-refractivity contribution in [3.8, 4) is 0 Å². The molecular weight excluding hydrogens is 384 g/mol. The summed E-state index contributed by atoms with van der Waals surface area (Å²) < 4.78 is 110. The van der Waals surface area contributed by atoms with Gasteiger partial charge in [-0.2, -0.15) is 26.3 Å². The molecule has 0 spiro atoms. The molecule has 0 saturated carbocycles. The lowest BCUT2D eigenvalue weighted by Crippen LogP contribution is -2.59. The Kier molecular flexibility index (Phi) is 8.77. The van der Waals surface area contributed by atoms with Gasteiger partial charge in [0, 0.05) is 0 Å². The van der Waals surface area contributed by atoms with Gasteiger partial charge in [-0.3, -0.25) is 9.59 Å². The van der Waals surface area contributed by atoms with Crippen LogP contribution in [0.15, 0.2) is 0 Å². The highest BCUT2D eigenvalue weighted by molar-refractivity contribution is 5.77. The molecule has 0 bridgehead atoms. The van der Waals surface area contributed by atoms with Crippen LogP contribution in [0.25, 0.3) is 0 Å². The van der Waals surface area contributed by atoms with E-state index in [1.165, 1.54) is 0 Å². The van der Waals surface area contributed by atoms with Crippen LogP contribution in [0.2, 0.25) is 0 Å². The van der Waals surface area contributed by atoms with Crippen LogP contribution in [0.4, 0.5) is 35.1 Å². The molecule has 0 aliphatic carbocycles. The van der Waals surface area contributed by atoms with E-state index in [0.717, 1.165) is 0 Å². The molecule has 0 aromatic carbocycles. The molecule has 0 saturated heterocycles. The molecule has 12 heteroatoms. The number of hydrogen-bond donors (Lipinski definition) is 0. The fourth-order valence-electron chi connectivity index (χ4n) is 1.62. The fraction of sp³-hybridized carbons (Fsp3) is 0.857. The van der Waals surface area contributed by atoms with Crippen molar-refractivity contribution < 1.29 is 54.2 Å². The van der Waals surface area contributed by atoms with Crippen molar-refractivity contribution in [2.24, 2.45) is 0 Å². The Morgan fingerprint density at radius 3 is 1.77 bits per heavy atom. The van der Waals surface area contributed by atoms with Gasteiger partial charge >= 0.3 is 36.1 Å². The molecular formula is C14H18F8O4. The van der Waals surface area contributed by atoms with Gasteiger partial charge in [-0.05, 0) is 12.8 Å². The predicted octanol–water partition coefficient (Wildman–Crippen LogP) is 4.21. The summed E-state index contributed by atoms with van der Waals surface area (Å²) in [6.45, 7) is 0.878. The van der Waals surface area contributed by atoms with E-state index < -0.39 is 61.7 Å². The van der Waals surface area contributed by atoms with E-state index in [1.807, 2.05) is 0 Å². The molecule has 0 rings (SSSR count). The van der Waals surface area contributed by atoms with Crippen LogP contribution in [0, 0.1) is 0 Å². The second kappa shape index (κ2) is 9.36. The normalized spacial score (nSPS) is 13.2. The van der Waals surface area contributed by atoms with Crippen LogP contribution in [0.5, 0.6) is 0 Å². The van der Waals surface area contributed by atoms with E-state index in [4.69, 9.17) is 4.74 Å². The zero-order valence-electron chi connectivity index (χ0n) is 13.8. The number of carbonyl (C=O) groups excluding carboxylic acids is 2. The summed E-state index contributed by atoms with van der Waals surface area (Å²) in [6.07, 6.45) is -5.99. The predicted molar refractivity (Wildman–Crippen MR) is 71.5 cm³/mol. The van der Waals surface area contributed by atoms with Gasteiger partial charge in [-0.1, -0.05) is 13.8 Å². The Morgan fingerprint density at radius 2 is 1.35 bits per heavy atom. The van der Waals surface area contributed by atoms with E-state index >= 15 is 0 Å².